The molecule has 0 unspecified atom stereocenters. The molecule has 0 saturated carbocycles. The van der Waals surface area contributed by atoms with Gasteiger partial charge in [-0.1, -0.05) is 44.2 Å². The Morgan fingerprint density at radius 2 is 1.74 bits per heavy atom. The van der Waals surface area contributed by atoms with Gasteiger partial charge in [0.2, 0.25) is 0 Å². The van der Waals surface area contributed by atoms with Crippen LogP contribution in [0.1, 0.15) is 41.8 Å². The van der Waals surface area contributed by atoms with Crippen molar-refractivity contribution in [2.24, 2.45) is 5.92 Å². The van der Waals surface area contributed by atoms with Gasteiger partial charge in [-0.3, -0.25) is 25.0 Å². The zero-order valence-corrected chi connectivity index (χ0v) is 15.2. The second-order valence-electron chi connectivity index (χ2n) is 6.61. The van der Waals surface area contributed by atoms with Crippen molar-refractivity contribution in [2.75, 3.05) is 6.54 Å². The molecule has 8 nitrogen and oxygen atoms in total. The Morgan fingerprint density at radius 1 is 1.07 bits per heavy atom. The monoisotopic (exact) mass is 371 g/mol. The van der Waals surface area contributed by atoms with Gasteiger partial charge < -0.3 is 5.32 Å². The average Bonchev–Trinajstić information content (AvgIpc) is 2.61. The van der Waals surface area contributed by atoms with Crippen molar-refractivity contribution in [1.82, 2.24) is 5.32 Å². The van der Waals surface area contributed by atoms with Crippen molar-refractivity contribution in [2.45, 2.75) is 26.7 Å². The second-order valence-corrected chi connectivity index (χ2v) is 6.61. The van der Waals surface area contributed by atoms with Crippen molar-refractivity contribution >= 4 is 17.3 Å². The number of carbonyl (C=O) groups is 1. The Morgan fingerprint density at radius 3 is 2.30 bits per heavy atom. The number of hydrogen-bond acceptors (Lipinski definition) is 5. The van der Waals surface area contributed by atoms with Crippen molar-refractivity contribution in [3.63, 3.8) is 0 Å². The van der Waals surface area contributed by atoms with E-state index in [-0.39, 0.29) is 17.5 Å². The summed E-state index contributed by atoms with van der Waals surface area (Å²) in [5.74, 6) is -0.179. The van der Waals surface area contributed by atoms with E-state index in [1.807, 2.05) is 19.9 Å². The van der Waals surface area contributed by atoms with Gasteiger partial charge in [0, 0.05) is 24.6 Å². The summed E-state index contributed by atoms with van der Waals surface area (Å²) in [4.78, 5) is 33.9. The van der Waals surface area contributed by atoms with E-state index in [4.69, 9.17) is 0 Å². The number of nitrogens with zero attached hydrogens (tertiary/aromatic N) is 2. The van der Waals surface area contributed by atoms with E-state index in [0.717, 1.165) is 24.1 Å². The zero-order valence-electron chi connectivity index (χ0n) is 15.2. The maximum absolute atomic E-state index is 12.6. The van der Waals surface area contributed by atoms with Gasteiger partial charge in [0.1, 0.15) is 0 Å². The summed E-state index contributed by atoms with van der Waals surface area (Å²) >= 11 is 0. The minimum absolute atomic E-state index is 0.0384. The number of benzene rings is 2. The number of amides is 1. The molecular formula is C19H21N3O5. The highest BCUT2D eigenvalue weighted by molar-refractivity contribution is 5.97. The number of rotatable bonds is 8. The smallest absolute Gasteiger partial charge is 0.280 e. The molecule has 0 aliphatic rings. The third kappa shape index (κ3) is 5.34. The first-order chi connectivity index (χ1) is 12.8. The molecule has 2 aromatic carbocycles. The van der Waals surface area contributed by atoms with Gasteiger partial charge in [-0.15, -0.1) is 0 Å². The quantitative estimate of drug-likeness (QED) is 0.558. The number of nitro groups is 2. The highest BCUT2D eigenvalue weighted by atomic mass is 16.6. The van der Waals surface area contributed by atoms with Crippen molar-refractivity contribution < 1.29 is 14.6 Å². The van der Waals surface area contributed by atoms with Crippen LogP contribution in [0, 0.1) is 26.1 Å². The van der Waals surface area contributed by atoms with Crippen molar-refractivity contribution in [1.29, 1.82) is 0 Å². The molecule has 0 atom stereocenters. The molecule has 0 fully saturated rings. The maximum atomic E-state index is 12.6. The molecule has 0 aliphatic heterocycles. The fourth-order valence-electron chi connectivity index (χ4n) is 2.67. The third-order valence-corrected chi connectivity index (χ3v) is 4.09. The summed E-state index contributed by atoms with van der Waals surface area (Å²) < 4.78 is 0. The molecule has 0 spiro atoms. The minimum atomic E-state index is -0.732. The molecule has 0 saturated heterocycles. The molecule has 27 heavy (non-hydrogen) atoms. The van der Waals surface area contributed by atoms with E-state index >= 15 is 0 Å². The van der Waals surface area contributed by atoms with E-state index in [2.05, 4.69) is 5.32 Å². The molecule has 0 bridgehead atoms. The first kappa shape index (κ1) is 20.0. The van der Waals surface area contributed by atoms with Gasteiger partial charge in [-0.05, 0) is 17.9 Å². The molecule has 1 N–H and O–H groups in total. The van der Waals surface area contributed by atoms with Crippen molar-refractivity contribution in [3.05, 3.63) is 79.4 Å². The molecule has 0 aromatic heterocycles. The summed E-state index contributed by atoms with van der Waals surface area (Å²) in [6.45, 7) is 4.40. The summed E-state index contributed by atoms with van der Waals surface area (Å²) in [5.41, 5.74) is -0.0115. The number of nitrogens with one attached hydrogen (secondary N) is 1. The molecule has 0 radical (unpaired) electrons. The van der Waals surface area contributed by atoms with Crippen LogP contribution in [0.5, 0.6) is 0 Å². The predicted octanol–water partition coefficient (Wildman–Crippen LogP) is 3.87. The zero-order chi connectivity index (χ0) is 20.0. The van der Waals surface area contributed by atoms with E-state index in [1.165, 1.54) is 0 Å². The van der Waals surface area contributed by atoms with Gasteiger partial charge in [-0.2, -0.15) is 0 Å². The number of nitro benzene ring substituents is 2. The second kappa shape index (κ2) is 8.88. The summed E-state index contributed by atoms with van der Waals surface area (Å²) in [6, 6.07) is 11.0. The van der Waals surface area contributed by atoms with E-state index in [1.54, 1.807) is 24.3 Å². The minimum Gasteiger partial charge on any atom is -0.352 e. The molecule has 0 aliphatic carbocycles. The molecule has 2 rings (SSSR count). The van der Waals surface area contributed by atoms with E-state index < -0.39 is 27.1 Å². The van der Waals surface area contributed by atoms with Gasteiger partial charge in [0.15, 0.2) is 0 Å². The SMILES string of the molecule is CC(C)CCNC(=O)c1cc([N+](=O)[O-])cc([N+](=O)[O-])c1Cc1ccccc1. The van der Waals surface area contributed by atoms with Crippen LogP contribution in [-0.2, 0) is 6.42 Å². The number of carbonyl (C=O) groups excluding carboxylic acids is 1. The van der Waals surface area contributed by atoms with Crippen LogP contribution in [0.3, 0.4) is 0 Å². The van der Waals surface area contributed by atoms with Crippen LogP contribution in [0.15, 0.2) is 42.5 Å². The normalized spacial score (nSPS) is 10.6. The molecular weight excluding hydrogens is 350 g/mol. The summed E-state index contributed by atoms with van der Waals surface area (Å²) in [7, 11) is 0. The van der Waals surface area contributed by atoms with E-state index in [9.17, 15) is 25.0 Å². The fraction of sp³-hybridized carbons (Fsp3) is 0.316. The lowest BCUT2D eigenvalue weighted by atomic mass is 9.96. The Labute approximate surface area is 156 Å². The summed E-state index contributed by atoms with van der Waals surface area (Å²) in [6.07, 6.45) is 0.860. The molecule has 142 valence electrons. The number of non-ortho nitro benzene ring substituents is 1. The first-order valence-corrected chi connectivity index (χ1v) is 8.57. The van der Waals surface area contributed by atoms with Crippen molar-refractivity contribution in [3.8, 4) is 0 Å². The standard InChI is InChI=1S/C19H21N3O5/c1-13(2)8-9-20-19(23)17-11-15(21(24)25)12-18(22(26)27)16(17)10-14-6-4-3-5-7-14/h3-7,11-13H,8-10H2,1-2H3,(H,20,23). The lowest BCUT2D eigenvalue weighted by molar-refractivity contribution is -0.394. The van der Waals surface area contributed by atoms with Crippen LogP contribution in [0.25, 0.3) is 0 Å². The van der Waals surface area contributed by atoms with Gasteiger partial charge >= 0.3 is 0 Å². The largest absolute Gasteiger partial charge is 0.352 e. The lowest BCUT2D eigenvalue weighted by Crippen LogP contribution is -2.27. The summed E-state index contributed by atoms with van der Waals surface area (Å²) in [5, 5.41) is 25.4. The van der Waals surface area contributed by atoms with Crippen LogP contribution >= 0.6 is 0 Å². The third-order valence-electron chi connectivity index (χ3n) is 4.09. The van der Waals surface area contributed by atoms with Gasteiger partial charge in [0.25, 0.3) is 17.3 Å². The Hall–Kier alpha value is -3.29. The molecule has 1 amide bonds. The Bertz CT molecular complexity index is 850. The Kier molecular flexibility index (Phi) is 6.59. The lowest BCUT2D eigenvalue weighted by Gasteiger charge is -2.12. The van der Waals surface area contributed by atoms with Crippen LogP contribution in [0.2, 0.25) is 0 Å². The van der Waals surface area contributed by atoms with Crippen LogP contribution in [0.4, 0.5) is 11.4 Å². The molecule has 2 aromatic rings. The highest BCUT2D eigenvalue weighted by Crippen LogP contribution is 2.30. The predicted molar refractivity (Wildman–Crippen MR) is 101 cm³/mol. The van der Waals surface area contributed by atoms with Gasteiger partial charge in [0.05, 0.1) is 21.5 Å². The average molecular weight is 371 g/mol. The fourth-order valence-corrected chi connectivity index (χ4v) is 2.67. The first-order valence-electron chi connectivity index (χ1n) is 8.57. The number of hydrogen-bond donors (Lipinski definition) is 1. The molecule has 0 heterocycles. The van der Waals surface area contributed by atoms with Crippen LogP contribution in [-0.4, -0.2) is 22.3 Å². The maximum Gasteiger partial charge on any atom is 0.280 e. The van der Waals surface area contributed by atoms with Gasteiger partial charge in [-0.25, -0.2) is 0 Å². The van der Waals surface area contributed by atoms with E-state index in [0.29, 0.717) is 12.5 Å². The Balaban J connectivity index is 2.50. The topological polar surface area (TPSA) is 115 Å². The van der Waals surface area contributed by atoms with Crippen LogP contribution < -0.4 is 5.32 Å². The highest BCUT2D eigenvalue weighted by Gasteiger charge is 2.27. The molecule has 8 heteroatoms.